The lowest BCUT2D eigenvalue weighted by atomic mass is 10.2. The minimum atomic E-state index is -0.571. The van der Waals surface area contributed by atoms with Gasteiger partial charge in [-0.25, -0.2) is 0 Å². The molecule has 0 aliphatic heterocycles. The Labute approximate surface area is 129 Å². The molecular formula is C12H9Cl3N2OS. The number of alkyl halides is 2. The molecule has 0 spiro atoms. The monoisotopic (exact) mass is 334 g/mol. The van der Waals surface area contributed by atoms with Crippen LogP contribution in [0.15, 0.2) is 33.9 Å². The van der Waals surface area contributed by atoms with E-state index in [4.69, 9.17) is 39.2 Å². The molecule has 1 aliphatic carbocycles. The van der Waals surface area contributed by atoms with Crippen molar-refractivity contribution in [3.63, 3.8) is 0 Å². The van der Waals surface area contributed by atoms with Gasteiger partial charge in [0, 0.05) is 11.7 Å². The molecule has 19 heavy (non-hydrogen) atoms. The van der Waals surface area contributed by atoms with Crippen LogP contribution in [0.3, 0.4) is 0 Å². The van der Waals surface area contributed by atoms with Crippen LogP contribution in [-0.2, 0) is 0 Å². The number of aromatic nitrogens is 2. The Bertz CT molecular complexity index is 602. The summed E-state index contributed by atoms with van der Waals surface area (Å²) < 4.78 is 5.00. The summed E-state index contributed by atoms with van der Waals surface area (Å²) in [6.45, 7) is 0. The summed E-state index contributed by atoms with van der Waals surface area (Å²) in [6.07, 6.45) is 0.814. The lowest BCUT2D eigenvalue weighted by Gasteiger charge is -1.97. The van der Waals surface area contributed by atoms with Gasteiger partial charge in [-0.15, -0.1) is 33.4 Å². The van der Waals surface area contributed by atoms with Gasteiger partial charge in [0.05, 0.1) is 10.6 Å². The normalized spacial score (nSPS) is 20.5. The first kappa shape index (κ1) is 13.6. The number of hydrogen-bond acceptors (Lipinski definition) is 4. The Hall–Kier alpha value is -0.420. The van der Waals surface area contributed by atoms with Crippen LogP contribution in [0.5, 0.6) is 0 Å². The topological polar surface area (TPSA) is 38.9 Å². The molecule has 1 aromatic carbocycles. The molecule has 1 aromatic heterocycles. The number of rotatable bonds is 4. The number of benzene rings is 1. The van der Waals surface area contributed by atoms with Gasteiger partial charge in [0.2, 0.25) is 5.89 Å². The van der Waals surface area contributed by atoms with E-state index in [9.17, 15) is 0 Å². The number of halogens is 3. The zero-order valence-corrected chi connectivity index (χ0v) is 12.7. The Morgan fingerprint density at radius 3 is 2.74 bits per heavy atom. The average molecular weight is 336 g/mol. The molecule has 1 unspecified atom stereocenters. The van der Waals surface area contributed by atoms with Gasteiger partial charge in [-0.05, 0) is 18.6 Å². The predicted octanol–water partition coefficient (Wildman–Crippen LogP) is 4.68. The predicted molar refractivity (Wildman–Crippen MR) is 78.0 cm³/mol. The van der Waals surface area contributed by atoms with Gasteiger partial charge in [0.25, 0.3) is 5.22 Å². The zero-order valence-electron chi connectivity index (χ0n) is 9.65. The van der Waals surface area contributed by atoms with Crippen LogP contribution in [0.2, 0.25) is 5.02 Å². The molecule has 0 bridgehead atoms. The van der Waals surface area contributed by atoms with E-state index in [0.717, 1.165) is 17.7 Å². The first-order valence-corrected chi connectivity index (χ1v) is 7.77. The maximum absolute atomic E-state index is 6.07. The first-order chi connectivity index (χ1) is 9.06. The molecule has 1 saturated carbocycles. The lowest BCUT2D eigenvalue weighted by Crippen LogP contribution is -1.92. The molecule has 1 atom stereocenters. The summed E-state index contributed by atoms with van der Waals surface area (Å²) in [4.78, 5) is 0. The van der Waals surface area contributed by atoms with Crippen molar-refractivity contribution < 1.29 is 4.42 Å². The average Bonchev–Trinajstić information content (AvgIpc) is 2.79. The minimum Gasteiger partial charge on any atom is -0.411 e. The molecule has 100 valence electrons. The molecule has 1 aliphatic rings. The number of hydrogen-bond donors (Lipinski definition) is 0. The Kier molecular flexibility index (Phi) is 3.69. The van der Waals surface area contributed by atoms with Crippen molar-refractivity contribution in [3.8, 4) is 11.5 Å². The van der Waals surface area contributed by atoms with E-state index in [2.05, 4.69) is 10.2 Å². The van der Waals surface area contributed by atoms with Gasteiger partial charge >= 0.3 is 0 Å². The lowest BCUT2D eigenvalue weighted by molar-refractivity contribution is 0.465. The van der Waals surface area contributed by atoms with E-state index < -0.39 is 4.33 Å². The van der Waals surface area contributed by atoms with Crippen molar-refractivity contribution >= 4 is 46.6 Å². The summed E-state index contributed by atoms with van der Waals surface area (Å²) in [6, 6.07) is 7.35. The second-order valence-corrected chi connectivity index (χ2v) is 7.25. The fourth-order valence-corrected chi connectivity index (χ4v) is 3.54. The molecule has 0 saturated heterocycles. The molecule has 0 radical (unpaired) electrons. The molecule has 7 heteroatoms. The second kappa shape index (κ2) is 5.17. The van der Waals surface area contributed by atoms with Crippen LogP contribution >= 0.6 is 46.6 Å². The smallest absolute Gasteiger partial charge is 0.276 e. The first-order valence-electron chi connectivity index (χ1n) is 5.65. The van der Waals surface area contributed by atoms with E-state index in [0.29, 0.717) is 16.1 Å². The van der Waals surface area contributed by atoms with E-state index in [1.54, 1.807) is 6.07 Å². The van der Waals surface area contributed by atoms with Crippen LogP contribution in [0, 0.1) is 5.92 Å². The van der Waals surface area contributed by atoms with Crippen molar-refractivity contribution in [2.45, 2.75) is 16.0 Å². The minimum absolute atomic E-state index is 0.288. The highest BCUT2D eigenvalue weighted by molar-refractivity contribution is 7.99. The van der Waals surface area contributed by atoms with Gasteiger partial charge in [0.15, 0.2) is 0 Å². The third-order valence-electron chi connectivity index (χ3n) is 2.87. The number of nitrogens with zero attached hydrogens (tertiary/aromatic N) is 2. The van der Waals surface area contributed by atoms with E-state index in [1.165, 1.54) is 11.8 Å². The molecule has 0 N–H and O–H groups in total. The quantitative estimate of drug-likeness (QED) is 0.601. The van der Waals surface area contributed by atoms with Crippen molar-refractivity contribution in [1.29, 1.82) is 0 Å². The molecule has 0 amide bonds. The largest absolute Gasteiger partial charge is 0.411 e. The van der Waals surface area contributed by atoms with E-state index in [1.807, 2.05) is 18.2 Å². The van der Waals surface area contributed by atoms with Gasteiger partial charge in [-0.1, -0.05) is 35.5 Å². The molecule has 1 heterocycles. The third kappa shape index (κ3) is 3.02. The standard InChI is InChI=1S/C12H9Cl3N2OS/c13-9-4-2-1-3-8(9)10-16-17-11(18-10)19-6-7-5-12(7,14)15/h1-4,7H,5-6H2. The highest BCUT2D eigenvalue weighted by Gasteiger charge is 2.51. The van der Waals surface area contributed by atoms with Crippen LogP contribution < -0.4 is 0 Å². The molecular weight excluding hydrogens is 327 g/mol. The molecule has 3 rings (SSSR count). The van der Waals surface area contributed by atoms with Crippen LogP contribution in [0.1, 0.15) is 6.42 Å². The summed E-state index contributed by atoms with van der Waals surface area (Å²) in [5.41, 5.74) is 0.735. The summed E-state index contributed by atoms with van der Waals surface area (Å²) >= 11 is 19.5. The molecule has 2 aromatic rings. The van der Waals surface area contributed by atoms with Gasteiger partial charge in [-0.3, -0.25) is 0 Å². The Morgan fingerprint density at radius 2 is 2.05 bits per heavy atom. The van der Waals surface area contributed by atoms with Gasteiger partial charge in [0.1, 0.15) is 4.33 Å². The summed E-state index contributed by atoms with van der Waals surface area (Å²) in [5.74, 6) is 1.49. The van der Waals surface area contributed by atoms with Crippen LogP contribution in [0.4, 0.5) is 0 Å². The Balaban J connectivity index is 1.68. The van der Waals surface area contributed by atoms with Gasteiger partial charge in [-0.2, -0.15) is 0 Å². The van der Waals surface area contributed by atoms with Crippen LogP contribution in [0.25, 0.3) is 11.5 Å². The third-order valence-corrected chi connectivity index (χ3v) is 5.11. The highest BCUT2D eigenvalue weighted by atomic mass is 35.5. The maximum atomic E-state index is 6.07. The van der Waals surface area contributed by atoms with E-state index in [-0.39, 0.29) is 5.92 Å². The summed E-state index contributed by atoms with van der Waals surface area (Å²) in [7, 11) is 0. The van der Waals surface area contributed by atoms with E-state index >= 15 is 0 Å². The van der Waals surface area contributed by atoms with Crippen molar-refractivity contribution in [1.82, 2.24) is 10.2 Å². The Morgan fingerprint density at radius 1 is 1.32 bits per heavy atom. The highest BCUT2D eigenvalue weighted by Crippen LogP contribution is 2.54. The molecule has 3 nitrogen and oxygen atoms in total. The SMILES string of the molecule is Clc1ccccc1-c1nnc(SCC2CC2(Cl)Cl)o1. The van der Waals surface area contributed by atoms with Crippen molar-refractivity contribution in [3.05, 3.63) is 29.3 Å². The molecule has 1 fully saturated rings. The second-order valence-electron chi connectivity index (χ2n) is 4.33. The van der Waals surface area contributed by atoms with Crippen molar-refractivity contribution in [2.75, 3.05) is 5.75 Å². The zero-order chi connectivity index (χ0) is 13.5. The van der Waals surface area contributed by atoms with Crippen molar-refractivity contribution in [2.24, 2.45) is 5.92 Å². The van der Waals surface area contributed by atoms with Gasteiger partial charge < -0.3 is 4.42 Å². The number of thioether (sulfide) groups is 1. The van der Waals surface area contributed by atoms with Crippen LogP contribution in [-0.4, -0.2) is 20.3 Å². The maximum Gasteiger partial charge on any atom is 0.276 e. The fraction of sp³-hybridized carbons (Fsp3) is 0.333. The summed E-state index contributed by atoms with van der Waals surface area (Å²) in [5, 5.41) is 9.07. The fourth-order valence-electron chi connectivity index (χ4n) is 1.63.